The van der Waals surface area contributed by atoms with Gasteiger partial charge in [0.1, 0.15) is 0 Å². The van der Waals surface area contributed by atoms with Gasteiger partial charge in [-0.2, -0.15) is 5.10 Å². The number of aromatic nitrogens is 2. The van der Waals surface area contributed by atoms with Gasteiger partial charge in [-0.15, -0.1) is 0 Å². The van der Waals surface area contributed by atoms with Gasteiger partial charge in [-0.3, -0.25) is 4.79 Å². The van der Waals surface area contributed by atoms with Crippen molar-refractivity contribution in [1.82, 2.24) is 9.78 Å². The normalized spacial score (nSPS) is 10.7. The number of aryl methyl sites for hydroxylation is 1. The van der Waals surface area contributed by atoms with Crippen LogP contribution in [0, 0.1) is 13.8 Å². The summed E-state index contributed by atoms with van der Waals surface area (Å²) in [6.45, 7) is 6.82. The largest absolute Gasteiger partial charge is 0.469 e. The van der Waals surface area contributed by atoms with Gasteiger partial charge in [-0.25, -0.2) is 14.3 Å². The monoisotopic (exact) mass is 402 g/mol. The molecule has 1 heterocycles. The van der Waals surface area contributed by atoms with Gasteiger partial charge >= 0.3 is 17.9 Å². The van der Waals surface area contributed by atoms with Gasteiger partial charge in [0, 0.05) is 12.1 Å². The molecule has 8 heteroatoms. The lowest BCUT2D eigenvalue weighted by molar-refractivity contribution is -0.151. The Morgan fingerprint density at radius 3 is 2.31 bits per heavy atom. The molecule has 2 rings (SSSR count). The van der Waals surface area contributed by atoms with Crippen molar-refractivity contribution in [3.63, 3.8) is 0 Å². The number of hydrogen-bond donors (Lipinski definition) is 0. The van der Waals surface area contributed by atoms with E-state index in [-0.39, 0.29) is 18.5 Å². The lowest BCUT2D eigenvalue weighted by Crippen LogP contribution is -2.19. The SMILES string of the molecule is COC(=O)CCc1c(C)nn(-c2ccc(C(=O)OCC(=O)OC(C)C)cc2)c1C. The van der Waals surface area contributed by atoms with E-state index in [0.717, 1.165) is 22.6 Å². The maximum atomic E-state index is 12.1. The second kappa shape index (κ2) is 9.86. The van der Waals surface area contributed by atoms with Gasteiger partial charge < -0.3 is 14.2 Å². The van der Waals surface area contributed by atoms with Crippen molar-refractivity contribution in [2.45, 2.75) is 46.6 Å². The first-order valence-corrected chi connectivity index (χ1v) is 9.31. The topological polar surface area (TPSA) is 96.7 Å². The molecule has 1 aromatic heterocycles. The molecular weight excluding hydrogens is 376 g/mol. The third-order valence-electron chi connectivity index (χ3n) is 4.28. The Kier molecular flexibility index (Phi) is 7.52. The van der Waals surface area contributed by atoms with Crippen LogP contribution < -0.4 is 0 Å². The first-order valence-electron chi connectivity index (χ1n) is 9.31. The average Bonchev–Trinajstić information content (AvgIpc) is 2.97. The van der Waals surface area contributed by atoms with Crippen LogP contribution in [0.1, 0.15) is 47.6 Å². The highest BCUT2D eigenvalue weighted by atomic mass is 16.6. The lowest BCUT2D eigenvalue weighted by Gasteiger charge is -2.09. The molecule has 0 aliphatic rings. The van der Waals surface area contributed by atoms with E-state index in [2.05, 4.69) is 5.10 Å². The van der Waals surface area contributed by atoms with Crippen LogP contribution >= 0.6 is 0 Å². The summed E-state index contributed by atoms with van der Waals surface area (Å²) in [5.41, 5.74) is 3.82. The highest BCUT2D eigenvalue weighted by Gasteiger charge is 2.16. The zero-order valence-electron chi connectivity index (χ0n) is 17.4. The van der Waals surface area contributed by atoms with Crippen molar-refractivity contribution in [3.05, 3.63) is 46.8 Å². The summed E-state index contributed by atoms with van der Waals surface area (Å²) in [6.07, 6.45) is 0.563. The molecule has 8 nitrogen and oxygen atoms in total. The molecular formula is C21H26N2O6. The summed E-state index contributed by atoms with van der Waals surface area (Å²) < 4.78 is 16.3. The van der Waals surface area contributed by atoms with Crippen molar-refractivity contribution in [2.24, 2.45) is 0 Å². The predicted molar refractivity (Wildman–Crippen MR) is 105 cm³/mol. The average molecular weight is 402 g/mol. The molecule has 0 bridgehead atoms. The third kappa shape index (κ3) is 5.91. The van der Waals surface area contributed by atoms with Crippen molar-refractivity contribution in [2.75, 3.05) is 13.7 Å². The lowest BCUT2D eigenvalue weighted by atomic mass is 10.1. The number of carbonyl (C=O) groups is 3. The molecule has 2 aromatic rings. The van der Waals surface area contributed by atoms with Gasteiger partial charge in [-0.05, 0) is 63.9 Å². The van der Waals surface area contributed by atoms with Crippen LogP contribution in [0.5, 0.6) is 0 Å². The second-order valence-electron chi connectivity index (χ2n) is 6.80. The van der Waals surface area contributed by atoms with Crippen molar-refractivity contribution in [3.8, 4) is 5.69 Å². The minimum absolute atomic E-state index is 0.265. The molecule has 0 aliphatic carbocycles. The predicted octanol–water partition coefficient (Wildman–Crippen LogP) is 2.70. The number of esters is 3. The molecule has 29 heavy (non-hydrogen) atoms. The van der Waals surface area contributed by atoms with E-state index in [1.165, 1.54) is 7.11 Å². The Bertz CT molecular complexity index is 883. The van der Waals surface area contributed by atoms with E-state index >= 15 is 0 Å². The molecule has 0 spiro atoms. The van der Waals surface area contributed by atoms with Crippen LogP contribution in [0.15, 0.2) is 24.3 Å². The minimum Gasteiger partial charge on any atom is -0.469 e. The molecule has 0 atom stereocenters. The maximum Gasteiger partial charge on any atom is 0.344 e. The summed E-state index contributed by atoms with van der Waals surface area (Å²) in [6, 6.07) is 6.70. The maximum absolute atomic E-state index is 12.1. The summed E-state index contributed by atoms with van der Waals surface area (Å²) in [7, 11) is 1.37. The Balaban J connectivity index is 2.07. The van der Waals surface area contributed by atoms with Crippen LogP contribution in [0.4, 0.5) is 0 Å². The van der Waals surface area contributed by atoms with Gasteiger partial charge in [-0.1, -0.05) is 0 Å². The van der Waals surface area contributed by atoms with E-state index in [0.29, 0.717) is 12.0 Å². The Morgan fingerprint density at radius 2 is 1.72 bits per heavy atom. The quantitative estimate of drug-likeness (QED) is 0.495. The minimum atomic E-state index is -0.607. The van der Waals surface area contributed by atoms with Gasteiger partial charge in [0.2, 0.25) is 0 Å². The highest BCUT2D eigenvalue weighted by molar-refractivity contribution is 5.91. The number of benzene rings is 1. The fourth-order valence-corrected chi connectivity index (χ4v) is 2.86. The molecule has 0 saturated carbocycles. The van der Waals surface area contributed by atoms with Crippen molar-refractivity contribution < 1.29 is 28.6 Å². The van der Waals surface area contributed by atoms with E-state index in [1.807, 2.05) is 13.8 Å². The fraction of sp³-hybridized carbons (Fsp3) is 0.429. The molecule has 0 amide bonds. The fourth-order valence-electron chi connectivity index (χ4n) is 2.86. The molecule has 0 aliphatic heterocycles. The summed E-state index contributed by atoms with van der Waals surface area (Å²) in [4.78, 5) is 35.0. The molecule has 0 unspecified atom stereocenters. The van der Waals surface area contributed by atoms with E-state index in [9.17, 15) is 14.4 Å². The third-order valence-corrected chi connectivity index (χ3v) is 4.28. The molecule has 0 radical (unpaired) electrons. The standard InChI is InChI=1S/C21H26N2O6/c1-13(2)29-20(25)12-28-21(26)16-6-8-17(9-7-16)23-15(4)18(14(3)22-23)10-11-19(24)27-5/h6-9,13H,10-12H2,1-5H3. The zero-order chi connectivity index (χ0) is 21.6. The van der Waals surface area contributed by atoms with Crippen LogP contribution in [0.25, 0.3) is 5.69 Å². The molecule has 0 N–H and O–H groups in total. The number of ether oxygens (including phenoxy) is 3. The number of rotatable bonds is 8. The number of nitrogens with zero attached hydrogens (tertiary/aromatic N) is 2. The van der Waals surface area contributed by atoms with Crippen molar-refractivity contribution in [1.29, 1.82) is 0 Å². The van der Waals surface area contributed by atoms with Gasteiger partial charge in [0.05, 0.1) is 30.2 Å². The zero-order valence-corrected chi connectivity index (χ0v) is 17.4. The number of carbonyl (C=O) groups excluding carboxylic acids is 3. The Morgan fingerprint density at radius 1 is 1.07 bits per heavy atom. The van der Waals surface area contributed by atoms with Gasteiger partial charge in [0.25, 0.3) is 0 Å². The summed E-state index contributed by atoms with van der Waals surface area (Å²) in [5, 5.41) is 4.53. The molecule has 1 aromatic carbocycles. The van der Waals surface area contributed by atoms with E-state index in [4.69, 9.17) is 14.2 Å². The first-order chi connectivity index (χ1) is 13.7. The molecule has 0 saturated heterocycles. The van der Waals surface area contributed by atoms with Gasteiger partial charge in [0.15, 0.2) is 6.61 Å². The first kappa shape index (κ1) is 22.1. The highest BCUT2D eigenvalue weighted by Crippen LogP contribution is 2.20. The second-order valence-corrected chi connectivity index (χ2v) is 6.80. The van der Waals surface area contributed by atoms with Crippen molar-refractivity contribution >= 4 is 17.9 Å². The molecule has 0 fully saturated rings. The molecule has 156 valence electrons. The smallest absolute Gasteiger partial charge is 0.344 e. The summed E-state index contributed by atoms with van der Waals surface area (Å²) >= 11 is 0. The van der Waals surface area contributed by atoms with Crippen LogP contribution in [-0.2, 0) is 30.2 Å². The number of methoxy groups -OCH3 is 1. The Labute approximate surface area is 169 Å². The van der Waals surface area contributed by atoms with E-state index < -0.39 is 18.5 Å². The number of hydrogen-bond acceptors (Lipinski definition) is 7. The van der Waals surface area contributed by atoms with Crippen LogP contribution in [0.3, 0.4) is 0 Å². The van der Waals surface area contributed by atoms with E-state index in [1.54, 1.807) is 42.8 Å². The summed E-state index contributed by atoms with van der Waals surface area (Å²) in [5.74, 6) is -1.46. The van der Waals surface area contributed by atoms with Crippen LogP contribution in [-0.4, -0.2) is 47.5 Å². The Hall–Kier alpha value is -3.16. The van der Waals surface area contributed by atoms with Crippen LogP contribution in [0.2, 0.25) is 0 Å².